The standard InChI is InChI=1S/C18H20N4/c1-14-12-17(21-15(2)20-14)22-10-8-18(13-19,9-11-22)16-6-4-3-5-7-16/h3-7,12H,8-11H2,1-2H3. The van der Waals surface area contributed by atoms with E-state index < -0.39 is 0 Å². The van der Waals surface area contributed by atoms with E-state index in [9.17, 15) is 5.26 Å². The normalized spacial score (nSPS) is 17.0. The van der Waals surface area contributed by atoms with Crippen molar-refractivity contribution in [3.05, 3.63) is 53.5 Å². The molecule has 2 heterocycles. The molecule has 1 aliphatic heterocycles. The number of hydrogen-bond acceptors (Lipinski definition) is 4. The second kappa shape index (κ2) is 5.76. The highest BCUT2D eigenvalue weighted by molar-refractivity contribution is 5.43. The molecule has 0 unspecified atom stereocenters. The fourth-order valence-electron chi connectivity index (χ4n) is 3.20. The summed E-state index contributed by atoms with van der Waals surface area (Å²) in [5.74, 6) is 1.78. The van der Waals surface area contributed by atoms with Crippen molar-refractivity contribution in [1.82, 2.24) is 9.97 Å². The zero-order valence-corrected chi connectivity index (χ0v) is 13.1. The molecule has 0 N–H and O–H groups in total. The lowest BCUT2D eigenvalue weighted by atomic mass is 9.74. The molecular weight excluding hydrogens is 272 g/mol. The Labute approximate surface area is 131 Å². The van der Waals surface area contributed by atoms with Crippen LogP contribution in [-0.2, 0) is 5.41 Å². The number of benzene rings is 1. The van der Waals surface area contributed by atoms with E-state index in [1.165, 1.54) is 0 Å². The first-order chi connectivity index (χ1) is 10.6. The number of rotatable bonds is 2. The minimum Gasteiger partial charge on any atom is -0.356 e. The average Bonchev–Trinajstić information content (AvgIpc) is 2.55. The maximum atomic E-state index is 9.75. The van der Waals surface area contributed by atoms with Crippen LogP contribution in [-0.4, -0.2) is 23.1 Å². The molecule has 112 valence electrons. The first kappa shape index (κ1) is 14.5. The van der Waals surface area contributed by atoms with E-state index >= 15 is 0 Å². The highest BCUT2D eigenvalue weighted by Gasteiger charge is 2.36. The maximum Gasteiger partial charge on any atom is 0.132 e. The van der Waals surface area contributed by atoms with Gasteiger partial charge in [0.25, 0.3) is 0 Å². The summed E-state index contributed by atoms with van der Waals surface area (Å²) in [5, 5.41) is 9.75. The summed E-state index contributed by atoms with van der Waals surface area (Å²) in [4.78, 5) is 11.1. The van der Waals surface area contributed by atoms with E-state index in [1.807, 2.05) is 38.1 Å². The van der Waals surface area contributed by atoms with Crippen molar-refractivity contribution < 1.29 is 0 Å². The van der Waals surface area contributed by atoms with E-state index in [0.29, 0.717) is 0 Å². The minimum absolute atomic E-state index is 0.366. The molecule has 1 aliphatic rings. The van der Waals surface area contributed by atoms with E-state index in [0.717, 1.165) is 48.8 Å². The van der Waals surface area contributed by atoms with E-state index in [1.54, 1.807) is 0 Å². The predicted octanol–water partition coefficient (Wildman–Crippen LogP) is 3.16. The zero-order chi connectivity index (χ0) is 15.6. The molecular formula is C18H20N4. The summed E-state index contributed by atoms with van der Waals surface area (Å²) >= 11 is 0. The number of nitrogens with zero attached hydrogens (tertiary/aromatic N) is 4. The lowest BCUT2D eigenvalue weighted by molar-refractivity contribution is 0.414. The SMILES string of the molecule is Cc1cc(N2CCC(C#N)(c3ccccc3)CC2)nc(C)n1. The largest absolute Gasteiger partial charge is 0.356 e. The molecule has 2 aromatic rings. The van der Waals surface area contributed by atoms with Crippen LogP contribution >= 0.6 is 0 Å². The van der Waals surface area contributed by atoms with Crippen molar-refractivity contribution in [2.24, 2.45) is 0 Å². The molecule has 1 aromatic carbocycles. The maximum absolute atomic E-state index is 9.75. The first-order valence-corrected chi connectivity index (χ1v) is 7.67. The van der Waals surface area contributed by atoms with Gasteiger partial charge >= 0.3 is 0 Å². The second-order valence-corrected chi connectivity index (χ2v) is 5.96. The van der Waals surface area contributed by atoms with Gasteiger partial charge in [0.15, 0.2) is 0 Å². The highest BCUT2D eigenvalue weighted by Crippen LogP contribution is 2.36. The Hall–Kier alpha value is -2.41. The zero-order valence-electron chi connectivity index (χ0n) is 13.1. The molecule has 1 aromatic heterocycles. The lowest BCUT2D eigenvalue weighted by Crippen LogP contribution is -2.42. The van der Waals surface area contributed by atoms with Gasteiger partial charge in [0.2, 0.25) is 0 Å². The molecule has 0 aliphatic carbocycles. The van der Waals surface area contributed by atoms with Crippen LogP contribution in [0.1, 0.15) is 29.9 Å². The van der Waals surface area contributed by atoms with Crippen LogP contribution in [0.4, 0.5) is 5.82 Å². The van der Waals surface area contributed by atoms with Gasteiger partial charge in [-0.3, -0.25) is 0 Å². The Morgan fingerprint density at radius 3 is 2.36 bits per heavy atom. The molecule has 1 fully saturated rings. The van der Waals surface area contributed by atoms with Gasteiger partial charge in [-0.15, -0.1) is 0 Å². The first-order valence-electron chi connectivity index (χ1n) is 7.67. The van der Waals surface area contributed by atoms with Gasteiger partial charge in [-0.25, -0.2) is 9.97 Å². The minimum atomic E-state index is -0.366. The molecule has 4 heteroatoms. The molecule has 0 amide bonds. The number of aromatic nitrogens is 2. The van der Waals surface area contributed by atoms with E-state index in [2.05, 4.69) is 33.1 Å². The van der Waals surface area contributed by atoms with Crippen LogP contribution in [0.25, 0.3) is 0 Å². The lowest BCUT2D eigenvalue weighted by Gasteiger charge is -2.38. The summed E-state index contributed by atoms with van der Waals surface area (Å²) in [6.07, 6.45) is 1.66. The van der Waals surface area contributed by atoms with Gasteiger partial charge in [0.05, 0.1) is 11.5 Å². The molecule has 1 saturated heterocycles. The predicted molar refractivity (Wildman–Crippen MR) is 86.7 cm³/mol. The Kier molecular flexibility index (Phi) is 3.81. The van der Waals surface area contributed by atoms with Crippen molar-refractivity contribution in [3.63, 3.8) is 0 Å². The van der Waals surface area contributed by atoms with Crippen LogP contribution in [0.2, 0.25) is 0 Å². The van der Waals surface area contributed by atoms with E-state index in [4.69, 9.17) is 0 Å². The summed E-state index contributed by atoms with van der Waals surface area (Å²) in [7, 11) is 0. The Balaban J connectivity index is 1.81. The number of nitriles is 1. The summed E-state index contributed by atoms with van der Waals surface area (Å²) in [6, 6.07) is 14.7. The van der Waals surface area contributed by atoms with E-state index in [-0.39, 0.29) is 5.41 Å². The van der Waals surface area contributed by atoms with Gasteiger partial charge in [0, 0.05) is 24.8 Å². The second-order valence-electron chi connectivity index (χ2n) is 5.96. The smallest absolute Gasteiger partial charge is 0.132 e. The monoisotopic (exact) mass is 292 g/mol. The quantitative estimate of drug-likeness (QED) is 0.853. The van der Waals surface area contributed by atoms with Crippen LogP contribution in [0.15, 0.2) is 36.4 Å². The van der Waals surface area contributed by atoms with Crippen molar-refractivity contribution in [2.75, 3.05) is 18.0 Å². The number of anilines is 1. The average molecular weight is 292 g/mol. The fraction of sp³-hybridized carbons (Fsp3) is 0.389. The summed E-state index contributed by atoms with van der Waals surface area (Å²) in [5.41, 5.74) is 1.75. The van der Waals surface area contributed by atoms with Crippen molar-refractivity contribution in [1.29, 1.82) is 5.26 Å². The summed E-state index contributed by atoms with van der Waals surface area (Å²) < 4.78 is 0. The van der Waals surface area contributed by atoms with Crippen molar-refractivity contribution in [2.45, 2.75) is 32.1 Å². The van der Waals surface area contributed by atoms with Crippen molar-refractivity contribution >= 4 is 5.82 Å². The third-order valence-electron chi connectivity index (χ3n) is 4.43. The molecule has 3 rings (SSSR count). The van der Waals surface area contributed by atoms with Crippen molar-refractivity contribution in [3.8, 4) is 6.07 Å². The third-order valence-corrected chi connectivity index (χ3v) is 4.43. The van der Waals surface area contributed by atoms with Gasteiger partial charge in [0.1, 0.15) is 11.6 Å². The number of hydrogen-bond donors (Lipinski definition) is 0. The molecule has 0 spiro atoms. The Bertz CT molecular complexity index is 675. The molecule has 4 nitrogen and oxygen atoms in total. The molecule has 22 heavy (non-hydrogen) atoms. The van der Waals surface area contributed by atoms with Gasteiger partial charge in [-0.2, -0.15) is 5.26 Å². The summed E-state index contributed by atoms with van der Waals surface area (Å²) in [6.45, 7) is 5.60. The Morgan fingerprint density at radius 2 is 1.77 bits per heavy atom. The van der Waals surface area contributed by atoms with Crippen LogP contribution < -0.4 is 4.90 Å². The topological polar surface area (TPSA) is 52.8 Å². The molecule has 0 saturated carbocycles. The van der Waals surface area contributed by atoms with Crippen LogP contribution in [0, 0.1) is 25.2 Å². The molecule has 0 radical (unpaired) electrons. The van der Waals surface area contributed by atoms with Crippen LogP contribution in [0.5, 0.6) is 0 Å². The Morgan fingerprint density at radius 1 is 1.09 bits per heavy atom. The van der Waals surface area contributed by atoms with Crippen LogP contribution in [0.3, 0.4) is 0 Å². The van der Waals surface area contributed by atoms with Gasteiger partial charge in [-0.05, 0) is 32.3 Å². The van der Waals surface area contributed by atoms with Gasteiger partial charge in [-0.1, -0.05) is 30.3 Å². The number of piperidine rings is 1. The fourth-order valence-corrected chi connectivity index (χ4v) is 3.20. The molecule has 0 bridgehead atoms. The van der Waals surface area contributed by atoms with Gasteiger partial charge < -0.3 is 4.90 Å². The molecule has 0 atom stereocenters. The highest BCUT2D eigenvalue weighted by atomic mass is 15.2. The third kappa shape index (κ3) is 2.67. The number of aryl methyl sites for hydroxylation is 2.